The van der Waals surface area contributed by atoms with Crippen molar-refractivity contribution in [3.63, 3.8) is 0 Å². The molecule has 0 radical (unpaired) electrons. The van der Waals surface area contributed by atoms with Crippen molar-refractivity contribution in [1.29, 1.82) is 0 Å². The number of rotatable bonds is 2. The van der Waals surface area contributed by atoms with Crippen LogP contribution in [0.2, 0.25) is 0 Å². The molecule has 5 nitrogen and oxygen atoms in total. The number of anilines is 1. The van der Waals surface area contributed by atoms with Crippen LogP contribution >= 0.6 is 15.9 Å². The van der Waals surface area contributed by atoms with Crippen LogP contribution in [0.5, 0.6) is 0 Å². The van der Waals surface area contributed by atoms with E-state index >= 15 is 0 Å². The molecule has 2 unspecified atom stereocenters. The van der Waals surface area contributed by atoms with E-state index in [0.29, 0.717) is 16.7 Å². The fourth-order valence-electron chi connectivity index (χ4n) is 2.56. The summed E-state index contributed by atoms with van der Waals surface area (Å²) in [5, 5.41) is 11.8. The molecule has 1 heterocycles. The molecular formula is C14H16BrFN2O3. The van der Waals surface area contributed by atoms with Gasteiger partial charge in [-0.2, -0.15) is 0 Å². The van der Waals surface area contributed by atoms with Crippen LogP contribution in [0.4, 0.5) is 14.9 Å². The van der Waals surface area contributed by atoms with E-state index < -0.39 is 23.9 Å². The van der Waals surface area contributed by atoms with Crippen molar-refractivity contribution in [2.75, 3.05) is 11.9 Å². The van der Waals surface area contributed by atoms with Crippen molar-refractivity contribution in [3.8, 4) is 0 Å². The van der Waals surface area contributed by atoms with Crippen LogP contribution in [-0.2, 0) is 4.79 Å². The van der Waals surface area contributed by atoms with E-state index in [2.05, 4.69) is 21.2 Å². The molecular weight excluding hydrogens is 343 g/mol. The second kappa shape index (κ2) is 6.43. The zero-order valence-corrected chi connectivity index (χ0v) is 13.1. The highest BCUT2D eigenvalue weighted by Crippen LogP contribution is 2.25. The monoisotopic (exact) mass is 358 g/mol. The minimum atomic E-state index is -1.01. The number of nitrogens with zero attached hydrogens (tertiary/aromatic N) is 1. The van der Waals surface area contributed by atoms with E-state index in [1.807, 2.05) is 6.92 Å². The summed E-state index contributed by atoms with van der Waals surface area (Å²) in [6, 6.07) is 2.85. The molecule has 1 aliphatic rings. The summed E-state index contributed by atoms with van der Waals surface area (Å²) in [4.78, 5) is 24.9. The van der Waals surface area contributed by atoms with Gasteiger partial charge < -0.3 is 15.3 Å². The highest BCUT2D eigenvalue weighted by molar-refractivity contribution is 9.10. The number of amides is 2. The van der Waals surface area contributed by atoms with E-state index in [0.717, 1.165) is 12.8 Å². The Bertz CT molecular complexity index is 567. The lowest BCUT2D eigenvalue weighted by Crippen LogP contribution is -2.53. The number of carbonyl (C=O) groups excluding carboxylic acids is 1. The maximum Gasteiger partial charge on any atom is 0.326 e. The number of aliphatic carboxylic acids is 1. The zero-order valence-electron chi connectivity index (χ0n) is 11.5. The van der Waals surface area contributed by atoms with Crippen LogP contribution in [0.25, 0.3) is 0 Å². The molecule has 0 aromatic heterocycles. The summed E-state index contributed by atoms with van der Waals surface area (Å²) in [5.41, 5.74) is 0.295. The molecule has 7 heteroatoms. The minimum Gasteiger partial charge on any atom is -0.480 e. The zero-order chi connectivity index (χ0) is 15.6. The van der Waals surface area contributed by atoms with Crippen LogP contribution in [-0.4, -0.2) is 34.6 Å². The maximum absolute atomic E-state index is 13.4. The van der Waals surface area contributed by atoms with Crippen molar-refractivity contribution in [2.24, 2.45) is 5.92 Å². The largest absolute Gasteiger partial charge is 0.480 e. The summed E-state index contributed by atoms with van der Waals surface area (Å²) in [6.45, 7) is 2.20. The number of benzene rings is 1. The molecule has 2 N–H and O–H groups in total. The number of piperidine rings is 1. The van der Waals surface area contributed by atoms with Crippen LogP contribution in [0.1, 0.15) is 19.8 Å². The van der Waals surface area contributed by atoms with Gasteiger partial charge in [-0.1, -0.05) is 6.92 Å². The molecule has 2 amide bonds. The fourth-order valence-corrected chi connectivity index (χ4v) is 2.81. The minimum absolute atomic E-state index is 0.108. The van der Waals surface area contributed by atoms with Gasteiger partial charge in [0.05, 0.1) is 4.47 Å². The second-order valence-corrected chi connectivity index (χ2v) is 6.01. The van der Waals surface area contributed by atoms with Gasteiger partial charge in [-0.25, -0.2) is 14.0 Å². The van der Waals surface area contributed by atoms with Crippen LogP contribution in [0.15, 0.2) is 22.7 Å². The number of urea groups is 1. The highest BCUT2D eigenvalue weighted by atomic mass is 79.9. The molecule has 1 saturated heterocycles. The van der Waals surface area contributed by atoms with E-state index in [9.17, 15) is 19.1 Å². The predicted molar refractivity (Wildman–Crippen MR) is 79.6 cm³/mol. The van der Waals surface area contributed by atoms with Crippen molar-refractivity contribution in [3.05, 3.63) is 28.5 Å². The van der Waals surface area contributed by atoms with Gasteiger partial charge in [0.2, 0.25) is 0 Å². The number of carboxylic acid groups (broad SMARTS) is 1. The summed E-state index contributed by atoms with van der Waals surface area (Å²) in [5.74, 6) is -1.61. The summed E-state index contributed by atoms with van der Waals surface area (Å²) >= 11 is 3.03. The fraction of sp³-hybridized carbons (Fsp3) is 0.429. The summed E-state index contributed by atoms with van der Waals surface area (Å²) in [6.07, 6.45) is 1.53. The number of likely N-dealkylation sites (tertiary alicyclic amines) is 1. The lowest BCUT2D eigenvalue weighted by Gasteiger charge is -2.37. The summed E-state index contributed by atoms with van der Waals surface area (Å²) < 4.78 is 13.7. The average Bonchev–Trinajstić information content (AvgIpc) is 2.42. The summed E-state index contributed by atoms with van der Waals surface area (Å²) in [7, 11) is 0. The van der Waals surface area contributed by atoms with Crippen LogP contribution in [0.3, 0.4) is 0 Å². The van der Waals surface area contributed by atoms with Gasteiger partial charge in [0.25, 0.3) is 0 Å². The average molecular weight is 359 g/mol. The number of halogens is 2. The lowest BCUT2D eigenvalue weighted by atomic mass is 9.91. The first kappa shape index (κ1) is 15.8. The molecule has 21 heavy (non-hydrogen) atoms. The Morgan fingerprint density at radius 1 is 1.48 bits per heavy atom. The maximum atomic E-state index is 13.4. The Labute approximate surface area is 130 Å². The Hall–Kier alpha value is -1.63. The lowest BCUT2D eigenvalue weighted by molar-refractivity contribution is -0.145. The van der Waals surface area contributed by atoms with Gasteiger partial charge >= 0.3 is 12.0 Å². The molecule has 2 atom stereocenters. The van der Waals surface area contributed by atoms with Gasteiger partial charge in [-0.05, 0) is 52.9 Å². The van der Waals surface area contributed by atoms with Crippen molar-refractivity contribution >= 4 is 33.6 Å². The Kier molecular flexibility index (Phi) is 4.82. The van der Waals surface area contributed by atoms with Gasteiger partial charge in [0.15, 0.2) is 0 Å². The molecule has 0 saturated carbocycles. The molecule has 0 bridgehead atoms. The van der Waals surface area contributed by atoms with Crippen molar-refractivity contribution in [1.82, 2.24) is 4.90 Å². The molecule has 0 spiro atoms. The predicted octanol–water partition coefficient (Wildman–Crippen LogP) is 3.31. The third kappa shape index (κ3) is 3.53. The van der Waals surface area contributed by atoms with E-state index in [1.54, 1.807) is 6.07 Å². The number of carboxylic acids is 1. The van der Waals surface area contributed by atoms with Gasteiger partial charge in [0.1, 0.15) is 11.9 Å². The van der Waals surface area contributed by atoms with Gasteiger partial charge in [-0.3, -0.25) is 0 Å². The molecule has 1 aliphatic heterocycles. The Morgan fingerprint density at radius 2 is 2.19 bits per heavy atom. The smallest absolute Gasteiger partial charge is 0.326 e. The third-order valence-corrected chi connectivity index (χ3v) is 4.26. The molecule has 2 rings (SSSR count). The normalized spacial score (nSPS) is 22.0. The molecule has 1 aromatic carbocycles. The Morgan fingerprint density at radius 3 is 2.81 bits per heavy atom. The van der Waals surface area contributed by atoms with E-state index in [-0.39, 0.29) is 5.92 Å². The number of hydrogen-bond donors (Lipinski definition) is 2. The van der Waals surface area contributed by atoms with Gasteiger partial charge in [-0.15, -0.1) is 0 Å². The van der Waals surface area contributed by atoms with Crippen molar-refractivity contribution in [2.45, 2.75) is 25.8 Å². The number of nitrogens with one attached hydrogen (secondary N) is 1. The standard InChI is InChI=1S/C14H16BrFN2O3/c1-8-3-2-6-18(12(8)13(19)20)14(21)17-9-4-5-10(15)11(16)7-9/h4-5,7-8,12H,2-3,6H2,1H3,(H,17,21)(H,19,20). The van der Waals surface area contributed by atoms with Crippen molar-refractivity contribution < 1.29 is 19.1 Å². The molecule has 1 fully saturated rings. The third-order valence-electron chi connectivity index (χ3n) is 3.62. The SMILES string of the molecule is CC1CCCN(C(=O)Nc2ccc(Br)c(F)c2)C1C(=O)O. The highest BCUT2D eigenvalue weighted by Gasteiger charge is 2.37. The molecule has 0 aliphatic carbocycles. The van der Waals surface area contributed by atoms with E-state index in [4.69, 9.17) is 0 Å². The first-order chi connectivity index (χ1) is 9.90. The molecule has 1 aromatic rings. The van der Waals surface area contributed by atoms with E-state index in [1.165, 1.54) is 17.0 Å². The molecule has 114 valence electrons. The second-order valence-electron chi connectivity index (χ2n) is 5.16. The first-order valence-corrected chi connectivity index (χ1v) is 7.45. The van der Waals surface area contributed by atoms with Crippen LogP contribution in [0, 0.1) is 11.7 Å². The number of carbonyl (C=O) groups is 2. The van der Waals surface area contributed by atoms with Crippen LogP contribution < -0.4 is 5.32 Å². The first-order valence-electron chi connectivity index (χ1n) is 6.65. The number of hydrogen-bond acceptors (Lipinski definition) is 2. The Balaban J connectivity index is 2.14. The van der Waals surface area contributed by atoms with Gasteiger partial charge in [0, 0.05) is 12.2 Å². The quantitative estimate of drug-likeness (QED) is 0.851. The topological polar surface area (TPSA) is 69.6 Å².